The number of nitrogens with one attached hydrogen (secondary N) is 1. The molecule has 1 aliphatic rings. The zero-order valence-electron chi connectivity index (χ0n) is 15.8. The maximum atomic E-state index is 12.1. The highest BCUT2D eigenvalue weighted by Gasteiger charge is 2.28. The first-order valence-corrected chi connectivity index (χ1v) is 10.5. The molecule has 1 saturated carbocycles. The fraction of sp³-hybridized carbons (Fsp3) is 0.421. The Bertz CT molecular complexity index is 933. The van der Waals surface area contributed by atoms with Crippen LogP contribution in [0.15, 0.2) is 41.7 Å². The summed E-state index contributed by atoms with van der Waals surface area (Å²) < 4.78 is 3.73. The molecule has 1 N–H and O–H groups in total. The van der Waals surface area contributed by atoms with Gasteiger partial charge in [0, 0.05) is 12.7 Å². The molecule has 0 bridgehead atoms. The molecule has 1 amide bonds. The summed E-state index contributed by atoms with van der Waals surface area (Å²) in [5.41, 5.74) is 3.28. The molecule has 0 unspecified atom stereocenters. The summed E-state index contributed by atoms with van der Waals surface area (Å²) in [6.45, 7) is 2.66. The average molecular weight is 398 g/mol. The average Bonchev–Trinajstić information content (AvgIpc) is 3.33. The van der Waals surface area contributed by atoms with E-state index in [0.717, 1.165) is 42.2 Å². The van der Waals surface area contributed by atoms with Gasteiger partial charge in [0.2, 0.25) is 11.1 Å². The van der Waals surface area contributed by atoms with Crippen LogP contribution in [0.3, 0.4) is 0 Å². The lowest BCUT2D eigenvalue weighted by Crippen LogP contribution is -2.26. The fourth-order valence-electron chi connectivity index (χ4n) is 2.97. The summed E-state index contributed by atoms with van der Waals surface area (Å²) in [5.74, 6) is 0.338. The summed E-state index contributed by atoms with van der Waals surface area (Å²) in [6.07, 6.45) is 6.06. The molecular weight excluding hydrogens is 374 g/mol. The maximum Gasteiger partial charge on any atom is 0.230 e. The van der Waals surface area contributed by atoms with Crippen LogP contribution >= 0.6 is 11.8 Å². The smallest absolute Gasteiger partial charge is 0.230 e. The highest BCUT2D eigenvalue weighted by molar-refractivity contribution is 7.99. The van der Waals surface area contributed by atoms with Gasteiger partial charge in [0.05, 0.1) is 23.2 Å². The lowest BCUT2D eigenvalue weighted by Gasteiger charge is -2.05. The van der Waals surface area contributed by atoms with Crippen molar-refractivity contribution < 1.29 is 4.79 Å². The predicted octanol–water partition coefficient (Wildman–Crippen LogP) is 2.34. The van der Waals surface area contributed by atoms with Crippen LogP contribution in [0.5, 0.6) is 0 Å². The van der Waals surface area contributed by atoms with Gasteiger partial charge in [-0.05, 0) is 60.7 Å². The molecule has 1 aliphatic carbocycles. The van der Waals surface area contributed by atoms with Crippen LogP contribution in [0.2, 0.25) is 0 Å². The summed E-state index contributed by atoms with van der Waals surface area (Å²) in [6, 6.07) is 10.5. The minimum atomic E-state index is 0.00653. The zero-order valence-corrected chi connectivity index (χ0v) is 16.6. The van der Waals surface area contributed by atoms with Crippen molar-refractivity contribution >= 4 is 17.7 Å². The minimum absolute atomic E-state index is 0.00653. The monoisotopic (exact) mass is 397 g/mol. The number of tetrazole rings is 1. The number of benzene rings is 1. The number of carbonyl (C=O) groups excluding carboxylic acids is 1. The van der Waals surface area contributed by atoms with E-state index in [0.29, 0.717) is 18.3 Å². The third kappa shape index (κ3) is 4.59. The van der Waals surface area contributed by atoms with Crippen molar-refractivity contribution in [3.8, 4) is 5.69 Å². The molecular formula is C19H23N7OS. The van der Waals surface area contributed by atoms with Crippen LogP contribution in [0.4, 0.5) is 0 Å². The molecule has 2 heterocycles. The van der Waals surface area contributed by atoms with Crippen LogP contribution in [-0.4, -0.2) is 48.2 Å². The molecule has 0 aliphatic heterocycles. The predicted molar refractivity (Wildman–Crippen MR) is 106 cm³/mol. The van der Waals surface area contributed by atoms with Gasteiger partial charge in [0.1, 0.15) is 0 Å². The van der Waals surface area contributed by atoms with E-state index in [4.69, 9.17) is 0 Å². The van der Waals surface area contributed by atoms with Crippen molar-refractivity contribution in [1.82, 2.24) is 35.3 Å². The first-order chi connectivity index (χ1) is 13.7. The van der Waals surface area contributed by atoms with Crippen molar-refractivity contribution in [3.05, 3.63) is 47.8 Å². The van der Waals surface area contributed by atoms with Crippen molar-refractivity contribution in [2.75, 3.05) is 12.3 Å². The third-order valence-electron chi connectivity index (χ3n) is 4.65. The Balaban J connectivity index is 1.20. The second-order valence-electron chi connectivity index (χ2n) is 6.90. The van der Waals surface area contributed by atoms with E-state index >= 15 is 0 Å². The van der Waals surface area contributed by atoms with Gasteiger partial charge in [0.25, 0.3) is 0 Å². The number of aromatic nitrogens is 6. The molecule has 2 aromatic heterocycles. The van der Waals surface area contributed by atoms with E-state index in [1.807, 2.05) is 46.6 Å². The first-order valence-electron chi connectivity index (χ1n) is 9.48. The van der Waals surface area contributed by atoms with Crippen molar-refractivity contribution in [3.63, 3.8) is 0 Å². The van der Waals surface area contributed by atoms with Gasteiger partial charge in [-0.15, -0.1) is 5.10 Å². The standard InChI is InChI=1S/C19H23N7OS/c1-14-15(12-25(22-14)16-7-3-2-4-8-16)6-5-11-20-18(27)13-28-19-21-23-24-26(19)17-9-10-17/h2-4,7-8,12,17H,5-6,9-11,13H2,1H3,(H,20,27). The Morgan fingerprint density at radius 2 is 2.11 bits per heavy atom. The minimum Gasteiger partial charge on any atom is -0.355 e. The van der Waals surface area contributed by atoms with E-state index in [1.165, 1.54) is 17.3 Å². The van der Waals surface area contributed by atoms with E-state index in [-0.39, 0.29) is 5.91 Å². The Labute approximate surface area is 167 Å². The van der Waals surface area contributed by atoms with E-state index in [9.17, 15) is 4.79 Å². The van der Waals surface area contributed by atoms with Crippen LogP contribution < -0.4 is 5.32 Å². The Hall–Kier alpha value is -2.68. The molecule has 28 heavy (non-hydrogen) atoms. The van der Waals surface area contributed by atoms with E-state index in [1.54, 1.807) is 0 Å². The topological polar surface area (TPSA) is 90.5 Å². The Morgan fingerprint density at radius 1 is 1.29 bits per heavy atom. The number of carbonyl (C=O) groups is 1. The number of rotatable bonds is 9. The lowest BCUT2D eigenvalue weighted by atomic mass is 10.1. The van der Waals surface area contributed by atoms with Crippen LogP contribution in [0, 0.1) is 6.92 Å². The second kappa shape index (κ2) is 8.55. The summed E-state index contributed by atoms with van der Waals surface area (Å²) in [4.78, 5) is 12.1. The molecule has 8 nitrogen and oxygen atoms in total. The van der Waals surface area contributed by atoms with Gasteiger partial charge in [-0.3, -0.25) is 4.79 Å². The highest BCUT2D eigenvalue weighted by atomic mass is 32.2. The van der Waals surface area contributed by atoms with Crippen molar-refractivity contribution in [2.45, 2.75) is 43.8 Å². The van der Waals surface area contributed by atoms with Crippen molar-refractivity contribution in [2.24, 2.45) is 0 Å². The fourth-order valence-corrected chi connectivity index (χ4v) is 3.75. The zero-order chi connectivity index (χ0) is 19.3. The number of hydrogen-bond donors (Lipinski definition) is 1. The number of nitrogens with zero attached hydrogens (tertiary/aromatic N) is 6. The molecule has 0 spiro atoms. The summed E-state index contributed by atoms with van der Waals surface area (Å²) in [7, 11) is 0. The summed E-state index contributed by atoms with van der Waals surface area (Å²) >= 11 is 1.39. The van der Waals surface area contributed by atoms with Gasteiger partial charge in [-0.1, -0.05) is 30.0 Å². The highest BCUT2D eigenvalue weighted by Crippen LogP contribution is 2.36. The van der Waals surface area contributed by atoms with E-state index < -0.39 is 0 Å². The molecule has 3 aromatic rings. The van der Waals surface area contributed by atoms with Crippen molar-refractivity contribution in [1.29, 1.82) is 0 Å². The second-order valence-corrected chi connectivity index (χ2v) is 7.84. The molecule has 0 radical (unpaired) electrons. The van der Waals surface area contributed by atoms with Crippen LogP contribution in [0.1, 0.15) is 36.6 Å². The number of aryl methyl sites for hydroxylation is 2. The molecule has 146 valence electrons. The van der Waals surface area contributed by atoms with Gasteiger partial charge in [-0.2, -0.15) is 5.10 Å². The molecule has 1 fully saturated rings. The molecule has 9 heteroatoms. The SMILES string of the molecule is Cc1nn(-c2ccccc2)cc1CCCNC(=O)CSc1nnnn1C1CC1. The third-order valence-corrected chi connectivity index (χ3v) is 5.59. The van der Waals surface area contributed by atoms with Crippen LogP contribution in [-0.2, 0) is 11.2 Å². The summed E-state index contributed by atoms with van der Waals surface area (Å²) in [5, 5.41) is 20.0. The normalized spacial score (nSPS) is 13.6. The van der Waals surface area contributed by atoms with Gasteiger partial charge in [0.15, 0.2) is 0 Å². The van der Waals surface area contributed by atoms with E-state index in [2.05, 4.69) is 32.1 Å². The number of hydrogen-bond acceptors (Lipinski definition) is 6. The van der Waals surface area contributed by atoms with Gasteiger partial charge >= 0.3 is 0 Å². The Morgan fingerprint density at radius 3 is 2.89 bits per heavy atom. The van der Waals surface area contributed by atoms with Gasteiger partial charge < -0.3 is 5.32 Å². The first kappa shape index (κ1) is 18.7. The lowest BCUT2D eigenvalue weighted by molar-refractivity contribution is -0.118. The maximum absolute atomic E-state index is 12.1. The number of amides is 1. The molecule has 1 aromatic carbocycles. The number of para-hydroxylation sites is 1. The molecule has 0 saturated heterocycles. The number of thioether (sulfide) groups is 1. The molecule has 4 rings (SSSR count). The Kier molecular flexibility index (Phi) is 5.70. The van der Waals surface area contributed by atoms with Gasteiger partial charge in [-0.25, -0.2) is 9.36 Å². The molecule has 0 atom stereocenters. The van der Waals surface area contributed by atoms with Crippen LogP contribution in [0.25, 0.3) is 5.69 Å². The largest absolute Gasteiger partial charge is 0.355 e. The quantitative estimate of drug-likeness (QED) is 0.440.